The van der Waals surface area contributed by atoms with E-state index in [2.05, 4.69) is 9.36 Å². The van der Waals surface area contributed by atoms with Gasteiger partial charge in [0.1, 0.15) is 11.6 Å². The number of aryl methyl sites for hydroxylation is 1. The monoisotopic (exact) mass is 282 g/mol. The summed E-state index contributed by atoms with van der Waals surface area (Å²) in [6.45, 7) is 1.98. The molecule has 0 radical (unpaired) electrons. The highest BCUT2D eigenvalue weighted by Crippen LogP contribution is 2.21. The van der Waals surface area contributed by atoms with Gasteiger partial charge in [-0.05, 0) is 23.7 Å². The second kappa shape index (κ2) is 6.06. The maximum Gasteiger partial charge on any atom is 0.173 e. The number of rotatable bonds is 5. The highest BCUT2D eigenvalue weighted by Gasteiger charge is 2.10. The van der Waals surface area contributed by atoms with E-state index >= 15 is 0 Å². The van der Waals surface area contributed by atoms with E-state index in [1.165, 1.54) is 41.5 Å². The molecule has 1 heterocycles. The van der Waals surface area contributed by atoms with Gasteiger partial charge in [-0.1, -0.05) is 30.8 Å². The minimum atomic E-state index is -0.393. The molecule has 0 N–H and O–H groups in total. The SMILES string of the molecule is CCc1nsc(SCC(=O)c2cccc(F)c2)n1. The van der Waals surface area contributed by atoms with E-state index in [9.17, 15) is 9.18 Å². The fraction of sp³-hybridized carbons (Fsp3) is 0.250. The highest BCUT2D eigenvalue weighted by molar-refractivity contribution is 8.01. The zero-order valence-electron chi connectivity index (χ0n) is 9.72. The number of benzene rings is 1. The third-order valence-corrected chi connectivity index (χ3v) is 4.11. The summed E-state index contributed by atoms with van der Waals surface area (Å²) in [5.74, 6) is 0.547. The van der Waals surface area contributed by atoms with Crippen LogP contribution in [0.3, 0.4) is 0 Å². The quantitative estimate of drug-likeness (QED) is 0.624. The number of Topliss-reactive ketones (excluding diaryl/α,β-unsaturated/α-hetero) is 1. The fourth-order valence-corrected chi connectivity index (χ4v) is 2.90. The van der Waals surface area contributed by atoms with Crippen LogP contribution >= 0.6 is 23.3 Å². The number of carbonyl (C=O) groups is 1. The van der Waals surface area contributed by atoms with Gasteiger partial charge in [0, 0.05) is 12.0 Å². The van der Waals surface area contributed by atoms with Crippen molar-refractivity contribution in [2.24, 2.45) is 0 Å². The molecule has 0 aliphatic carbocycles. The molecule has 0 fully saturated rings. The number of carbonyl (C=O) groups excluding carboxylic acids is 1. The number of thioether (sulfide) groups is 1. The zero-order valence-corrected chi connectivity index (χ0v) is 11.4. The van der Waals surface area contributed by atoms with Crippen molar-refractivity contribution in [1.29, 1.82) is 0 Å². The molecule has 1 aromatic carbocycles. The Morgan fingerprint density at radius 1 is 1.50 bits per heavy atom. The molecule has 3 nitrogen and oxygen atoms in total. The molecule has 2 aromatic rings. The Hall–Kier alpha value is -1.27. The largest absolute Gasteiger partial charge is 0.293 e. The Kier molecular flexibility index (Phi) is 4.43. The number of hydrogen-bond acceptors (Lipinski definition) is 5. The molecule has 18 heavy (non-hydrogen) atoms. The molecule has 94 valence electrons. The van der Waals surface area contributed by atoms with Crippen molar-refractivity contribution in [3.8, 4) is 0 Å². The third-order valence-electron chi connectivity index (χ3n) is 2.24. The van der Waals surface area contributed by atoms with Crippen molar-refractivity contribution in [3.05, 3.63) is 41.5 Å². The maximum atomic E-state index is 13.0. The Morgan fingerprint density at radius 2 is 2.33 bits per heavy atom. The molecular formula is C12H11FN2OS2. The third kappa shape index (κ3) is 3.36. The van der Waals surface area contributed by atoms with Gasteiger partial charge in [0.05, 0.1) is 5.75 Å². The van der Waals surface area contributed by atoms with Crippen LogP contribution in [-0.4, -0.2) is 20.9 Å². The molecule has 0 spiro atoms. The van der Waals surface area contributed by atoms with Gasteiger partial charge >= 0.3 is 0 Å². The van der Waals surface area contributed by atoms with Gasteiger partial charge in [0.2, 0.25) is 0 Å². The Balaban J connectivity index is 1.96. The first-order chi connectivity index (χ1) is 8.69. The number of halogens is 1. The lowest BCUT2D eigenvalue weighted by Crippen LogP contribution is -2.02. The Labute approximate surface area is 113 Å². The van der Waals surface area contributed by atoms with E-state index in [0.717, 1.165) is 16.6 Å². The highest BCUT2D eigenvalue weighted by atomic mass is 32.2. The molecule has 1 aromatic heterocycles. The molecule has 0 unspecified atom stereocenters. The topological polar surface area (TPSA) is 42.9 Å². The summed E-state index contributed by atoms with van der Waals surface area (Å²) in [7, 11) is 0. The molecule has 0 aliphatic heterocycles. The summed E-state index contributed by atoms with van der Waals surface area (Å²) >= 11 is 2.63. The molecule has 0 aliphatic rings. The van der Waals surface area contributed by atoms with Crippen LogP contribution in [0.4, 0.5) is 4.39 Å². The average molecular weight is 282 g/mol. The van der Waals surface area contributed by atoms with Crippen LogP contribution in [0.2, 0.25) is 0 Å². The van der Waals surface area contributed by atoms with Crippen LogP contribution < -0.4 is 0 Å². The van der Waals surface area contributed by atoms with Crippen molar-refractivity contribution in [2.75, 3.05) is 5.75 Å². The number of nitrogens with zero attached hydrogens (tertiary/aromatic N) is 2. The second-order valence-corrected chi connectivity index (χ2v) is 5.53. The van der Waals surface area contributed by atoms with Crippen molar-refractivity contribution in [2.45, 2.75) is 17.7 Å². The molecular weight excluding hydrogens is 271 g/mol. The van der Waals surface area contributed by atoms with Crippen LogP contribution in [0.5, 0.6) is 0 Å². The van der Waals surface area contributed by atoms with Crippen LogP contribution in [0.1, 0.15) is 23.1 Å². The van der Waals surface area contributed by atoms with Crippen LogP contribution in [0.25, 0.3) is 0 Å². The Morgan fingerprint density at radius 3 is 3.00 bits per heavy atom. The summed E-state index contributed by atoms with van der Waals surface area (Å²) in [5, 5.41) is 0. The maximum absolute atomic E-state index is 13.0. The molecule has 6 heteroatoms. The normalized spacial score (nSPS) is 10.6. The first-order valence-electron chi connectivity index (χ1n) is 5.43. The summed E-state index contributed by atoms with van der Waals surface area (Å²) in [4.78, 5) is 16.1. The molecule has 2 rings (SSSR count). The summed E-state index contributed by atoms with van der Waals surface area (Å²) < 4.78 is 17.9. The predicted molar refractivity (Wildman–Crippen MR) is 70.7 cm³/mol. The first kappa shape index (κ1) is 13.2. The minimum Gasteiger partial charge on any atom is -0.293 e. The number of hydrogen-bond donors (Lipinski definition) is 0. The van der Waals surface area contributed by atoms with Crippen LogP contribution in [0.15, 0.2) is 28.6 Å². The second-order valence-electron chi connectivity index (χ2n) is 3.55. The van der Waals surface area contributed by atoms with Crippen molar-refractivity contribution in [1.82, 2.24) is 9.36 Å². The van der Waals surface area contributed by atoms with Crippen LogP contribution in [-0.2, 0) is 6.42 Å². The van der Waals surface area contributed by atoms with E-state index in [1.807, 2.05) is 6.92 Å². The molecule has 0 saturated heterocycles. The molecule has 0 atom stereocenters. The van der Waals surface area contributed by atoms with Crippen molar-refractivity contribution in [3.63, 3.8) is 0 Å². The lowest BCUT2D eigenvalue weighted by Gasteiger charge is -1.99. The lowest BCUT2D eigenvalue weighted by atomic mass is 10.1. The average Bonchev–Trinajstić information content (AvgIpc) is 2.84. The van der Waals surface area contributed by atoms with Crippen molar-refractivity contribution >= 4 is 29.1 Å². The molecule has 0 amide bonds. The van der Waals surface area contributed by atoms with Gasteiger partial charge in [0.25, 0.3) is 0 Å². The molecule has 0 bridgehead atoms. The van der Waals surface area contributed by atoms with Gasteiger partial charge in [-0.15, -0.1) is 0 Å². The van der Waals surface area contributed by atoms with Gasteiger partial charge in [0.15, 0.2) is 10.1 Å². The smallest absolute Gasteiger partial charge is 0.173 e. The van der Waals surface area contributed by atoms with Crippen LogP contribution in [0, 0.1) is 5.82 Å². The zero-order chi connectivity index (χ0) is 13.0. The standard InChI is InChI=1S/C12H11FN2OS2/c1-2-11-14-12(18-15-11)17-7-10(16)8-4-3-5-9(13)6-8/h3-6H,2,7H2,1H3. The van der Waals surface area contributed by atoms with E-state index in [0.29, 0.717) is 5.56 Å². The van der Waals surface area contributed by atoms with Gasteiger partial charge in [-0.2, -0.15) is 4.37 Å². The number of aromatic nitrogens is 2. The Bertz CT molecular complexity index is 557. The fourth-order valence-electron chi connectivity index (χ4n) is 1.31. The van der Waals surface area contributed by atoms with Gasteiger partial charge in [-0.25, -0.2) is 9.37 Å². The first-order valence-corrected chi connectivity index (χ1v) is 7.19. The summed E-state index contributed by atoms with van der Waals surface area (Å²) in [5.41, 5.74) is 0.391. The number of ketones is 1. The predicted octanol–water partition coefficient (Wildman–Crippen LogP) is 3.21. The van der Waals surface area contributed by atoms with E-state index in [-0.39, 0.29) is 11.5 Å². The van der Waals surface area contributed by atoms with E-state index in [4.69, 9.17) is 0 Å². The molecule has 0 saturated carbocycles. The minimum absolute atomic E-state index is 0.104. The summed E-state index contributed by atoms with van der Waals surface area (Å²) in [6, 6.07) is 5.72. The van der Waals surface area contributed by atoms with E-state index in [1.54, 1.807) is 6.07 Å². The van der Waals surface area contributed by atoms with Crippen molar-refractivity contribution < 1.29 is 9.18 Å². The van der Waals surface area contributed by atoms with Gasteiger partial charge in [-0.3, -0.25) is 4.79 Å². The van der Waals surface area contributed by atoms with E-state index < -0.39 is 5.82 Å². The summed E-state index contributed by atoms with van der Waals surface area (Å²) in [6.07, 6.45) is 0.787. The lowest BCUT2D eigenvalue weighted by molar-refractivity contribution is 0.102. The van der Waals surface area contributed by atoms with Gasteiger partial charge < -0.3 is 0 Å².